The fraction of sp³-hybridized carbons (Fsp3) is 0.207. The Bertz CT molecular complexity index is 1520. The number of pyridine rings is 1. The van der Waals surface area contributed by atoms with Crippen LogP contribution in [0.4, 0.5) is 4.39 Å². The van der Waals surface area contributed by atoms with Gasteiger partial charge < -0.3 is 0 Å². The third-order valence-electron chi connectivity index (χ3n) is 7.13. The highest BCUT2D eigenvalue weighted by Gasteiger charge is 2.46. The molecule has 172 valence electrons. The monoisotopic (exact) mass is 462 g/mol. The molecule has 0 aliphatic heterocycles. The molecule has 0 radical (unpaired) electrons. The Hall–Kier alpha value is -4.24. The van der Waals surface area contributed by atoms with Crippen LogP contribution >= 0.6 is 0 Å². The minimum Gasteiger partial charge on any atom is -0.293 e. The number of para-hydroxylation sites is 1. The van der Waals surface area contributed by atoms with E-state index in [4.69, 9.17) is 9.97 Å². The average Bonchev–Trinajstić information content (AvgIpc) is 2.86. The van der Waals surface area contributed by atoms with Gasteiger partial charge in [0.2, 0.25) is 0 Å². The summed E-state index contributed by atoms with van der Waals surface area (Å²) in [6.45, 7) is 9.27. The molecule has 2 aromatic heterocycles. The highest BCUT2D eigenvalue weighted by molar-refractivity contribution is 6.00. The second-order valence-electron chi connectivity index (χ2n) is 9.13. The smallest absolute Gasteiger partial charge is 0.173 e. The first-order valence-electron chi connectivity index (χ1n) is 11.5. The van der Waals surface area contributed by atoms with Crippen molar-refractivity contribution in [3.63, 3.8) is 0 Å². The van der Waals surface area contributed by atoms with Crippen LogP contribution in [0, 0.1) is 17.2 Å². The number of rotatable bonds is 4. The minimum absolute atomic E-state index is 0.00945. The number of ketones is 1. The minimum atomic E-state index is -0.668. The molecule has 0 N–H and O–H groups in total. The summed E-state index contributed by atoms with van der Waals surface area (Å²) in [5.74, 6) is -0.336. The zero-order valence-corrected chi connectivity index (χ0v) is 19.4. The van der Waals surface area contributed by atoms with Crippen LogP contribution in [0.15, 0.2) is 79.3 Å². The van der Waals surface area contributed by atoms with Crippen molar-refractivity contribution < 1.29 is 9.18 Å². The van der Waals surface area contributed by atoms with Crippen LogP contribution in [0.5, 0.6) is 0 Å². The number of hydrogen-bond acceptors (Lipinski definition) is 5. The fourth-order valence-corrected chi connectivity index (χ4v) is 5.34. The molecule has 0 spiro atoms. The molecule has 6 heteroatoms. The standard InChI is InChI=1S/C29H23FN4O/c1-4-7-20(17(2)30)26-23-11-10-19-14-25(35)18(16-31)15-29(19,3)27(23)34-28(33-26)22-12-13-32-24-9-6-5-8-21(22)24/h4-9,12-13,15,19H,1-2,10-11,14H2,3H3/b20-7+/t19-,29+/m0/s1. The molecule has 2 aliphatic carbocycles. The Kier molecular flexibility index (Phi) is 5.49. The lowest BCUT2D eigenvalue weighted by atomic mass is 9.61. The summed E-state index contributed by atoms with van der Waals surface area (Å²) >= 11 is 0. The Morgan fingerprint density at radius 3 is 2.83 bits per heavy atom. The molecule has 5 rings (SSSR count). The Morgan fingerprint density at radius 1 is 1.29 bits per heavy atom. The van der Waals surface area contributed by atoms with E-state index in [1.54, 1.807) is 18.3 Å². The van der Waals surface area contributed by atoms with E-state index >= 15 is 0 Å². The van der Waals surface area contributed by atoms with Crippen LogP contribution in [0.3, 0.4) is 0 Å². The summed E-state index contributed by atoms with van der Waals surface area (Å²) in [6, 6.07) is 11.6. The van der Waals surface area contributed by atoms with Crippen LogP contribution in [0.2, 0.25) is 0 Å². The maximum atomic E-state index is 14.7. The van der Waals surface area contributed by atoms with Crippen LogP contribution in [-0.4, -0.2) is 20.7 Å². The van der Waals surface area contributed by atoms with E-state index in [1.807, 2.05) is 37.3 Å². The largest absolute Gasteiger partial charge is 0.293 e. The third-order valence-corrected chi connectivity index (χ3v) is 7.13. The number of fused-ring (bicyclic) bond motifs is 4. The first-order chi connectivity index (χ1) is 16.9. The molecule has 1 aromatic carbocycles. The van der Waals surface area contributed by atoms with Gasteiger partial charge in [0, 0.05) is 40.1 Å². The highest BCUT2D eigenvalue weighted by atomic mass is 19.1. The first-order valence-corrected chi connectivity index (χ1v) is 11.5. The molecule has 2 aliphatic rings. The Morgan fingerprint density at radius 2 is 2.09 bits per heavy atom. The molecular formula is C29H23FN4O. The predicted molar refractivity (Wildman–Crippen MR) is 134 cm³/mol. The topological polar surface area (TPSA) is 79.5 Å². The molecule has 35 heavy (non-hydrogen) atoms. The quantitative estimate of drug-likeness (QED) is 0.445. The second-order valence-corrected chi connectivity index (χ2v) is 9.13. The van der Waals surface area contributed by atoms with Gasteiger partial charge in [-0.2, -0.15) is 5.26 Å². The first kappa shape index (κ1) is 22.5. The predicted octanol–water partition coefficient (Wildman–Crippen LogP) is 5.99. The van der Waals surface area contributed by atoms with E-state index in [0.29, 0.717) is 30.1 Å². The molecule has 3 aromatic rings. The van der Waals surface area contributed by atoms with E-state index in [1.165, 1.54) is 6.08 Å². The van der Waals surface area contributed by atoms with Crippen LogP contribution in [0.25, 0.3) is 27.9 Å². The number of nitrogens with zero attached hydrogens (tertiary/aromatic N) is 4. The normalized spacial score (nSPS) is 21.5. The SMILES string of the molecule is C=C/C=C(\C(=C)F)c1nc(-c2ccnc3ccccc23)nc2c1CC[C@H]1CC(=O)C(C#N)=C[C@@]21C. The van der Waals surface area contributed by atoms with Crippen molar-refractivity contribution in [1.82, 2.24) is 15.0 Å². The molecule has 0 bridgehead atoms. The number of benzene rings is 1. The maximum Gasteiger partial charge on any atom is 0.173 e. The molecule has 0 fully saturated rings. The van der Waals surface area contributed by atoms with Gasteiger partial charge in [-0.25, -0.2) is 14.4 Å². The van der Waals surface area contributed by atoms with Gasteiger partial charge in [0.25, 0.3) is 0 Å². The van der Waals surface area contributed by atoms with Crippen molar-refractivity contribution in [2.24, 2.45) is 5.92 Å². The lowest BCUT2D eigenvalue weighted by Crippen LogP contribution is -2.41. The summed E-state index contributed by atoms with van der Waals surface area (Å²) in [5, 5.41) is 10.5. The zero-order valence-electron chi connectivity index (χ0n) is 19.4. The maximum absolute atomic E-state index is 14.7. The number of Topliss-reactive ketones (excluding diaryl/α,β-unsaturated/α-hetero) is 1. The number of allylic oxidation sites excluding steroid dienone is 6. The summed E-state index contributed by atoms with van der Waals surface area (Å²) in [6.07, 6.45) is 8.10. The van der Waals surface area contributed by atoms with Crippen molar-refractivity contribution in [2.75, 3.05) is 0 Å². The number of nitriles is 1. The molecule has 0 amide bonds. The highest BCUT2D eigenvalue weighted by Crippen LogP contribution is 2.49. The summed E-state index contributed by atoms with van der Waals surface area (Å²) < 4.78 is 14.7. The lowest BCUT2D eigenvalue weighted by molar-refractivity contribution is -0.117. The summed E-state index contributed by atoms with van der Waals surface area (Å²) in [4.78, 5) is 26.8. The number of carbonyl (C=O) groups is 1. The lowest BCUT2D eigenvalue weighted by Gasteiger charge is -2.43. The second kappa shape index (κ2) is 8.52. The van der Waals surface area contributed by atoms with Gasteiger partial charge in [0.1, 0.15) is 11.9 Å². The van der Waals surface area contributed by atoms with Crippen molar-refractivity contribution in [2.45, 2.75) is 31.6 Å². The molecule has 0 saturated carbocycles. The van der Waals surface area contributed by atoms with Gasteiger partial charge in [-0.05, 0) is 30.9 Å². The van der Waals surface area contributed by atoms with Crippen LogP contribution < -0.4 is 0 Å². The Labute approximate surface area is 203 Å². The van der Waals surface area contributed by atoms with Gasteiger partial charge in [-0.1, -0.05) is 56.5 Å². The molecule has 0 saturated heterocycles. The van der Waals surface area contributed by atoms with Crippen LogP contribution in [-0.2, 0) is 16.6 Å². The van der Waals surface area contributed by atoms with E-state index in [-0.39, 0.29) is 29.3 Å². The van der Waals surface area contributed by atoms with Gasteiger partial charge in [-0.15, -0.1) is 0 Å². The molecule has 0 unspecified atom stereocenters. The third kappa shape index (κ3) is 3.60. The van der Waals surface area contributed by atoms with Crippen molar-refractivity contribution in [3.05, 3.63) is 96.3 Å². The van der Waals surface area contributed by atoms with Crippen molar-refractivity contribution in [3.8, 4) is 17.5 Å². The van der Waals surface area contributed by atoms with E-state index in [0.717, 1.165) is 22.0 Å². The van der Waals surface area contributed by atoms with E-state index < -0.39 is 11.2 Å². The summed E-state index contributed by atoms with van der Waals surface area (Å²) in [5.41, 5.74) is 3.26. The molecule has 2 heterocycles. The Balaban J connectivity index is 1.86. The van der Waals surface area contributed by atoms with Gasteiger partial charge in [0.15, 0.2) is 11.6 Å². The van der Waals surface area contributed by atoms with Gasteiger partial charge in [0.05, 0.1) is 22.5 Å². The number of carbonyl (C=O) groups excluding carboxylic acids is 1. The number of halogens is 1. The number of aromatic nitrogens is 3. The number of hydrogen-bond donors (Lipinski definition) is 0. The van der Waals surface area contributed by atoms with Crippen molar-refractivity contribution >= 4 is 22.3 Å². The van der Waals surface area contributed by atoms with Gasteiger partial charge >= 0.3 is 0 Å². The van der Waals surface area contributed by atoms with Gasteiger partial charge in [-0.3, -0.25) is 9.78 Å². The average molecular weight is 463 g/mol. The van der Waals surface area contributed by atoms with E-state index in [2.05, 4.69) is 24.2 Å². The summed E-state index contributed by atoms with van der Waals surface area (Å²) in [7, 11) is 0. The molecule has 2 atom stereocenters. The zero-order chi connectivity index (χ0) is 24.7. The fourth-order valence-electron chi connectivity index (χ4n) is 5.34. The molecule has 5 nitrogen and oxygen atoms in total. The van der Waals surface area contributed by atoms with Crippen molar-refractivity contribution in [1.29, 1.82) is 5.26 Å². The molecular weight excluding hydrogens is 439 g/mol. The van der Waals surface area contributed by atoms with Crippen LogP contribution in [0.1, 0.15) is 36.7 Å². The van der Waals surface area contributed by atoms with E-state index in [9.17, 15) is 14.4 Å².